The molecule has 7 heteroatoms. The van der Waals surface area contributed by atoms with Crippen LogP contribution in [-0.2, 0) is 4.79 Å². The highest BCUT2D eigenvalue weighted by atomic mass is 19.1. The molecule has 1 aromatic rings. The second kappa shape index (κ2) is 10.5. The normalized spacial score (nSPS) is 20.3. The lowest BCUT2D eigenvalue weighted by Crippen LogP contribution is -2.50. The Labute approximate surface area is 202 Å². The molecule has 1 aromatic carbocycles. The minimum Gasteiger partial charge on any atom is -0.507 e. The molecule has 0 bridgehead atoms. The van der Waals surface area contributed by atoms with Gasteiger partial charge in [0, 0.05) is 45.2 Å². The third-order valence-corrected chi connectivity index (χ3v) is 6.03. The van der Waals surface area contributed by atoms with Gasteiger partial charge < -0.3 is 19.8 Å². The molecule has 2 aliphatic heterocycles. The van der Waals surface area contributed by atoms with E-state index in [-0.39, 0.29) is 28.9 Å². The molecule has 0 aromatic heterocycles. The number of aliphatic imine (C=N–C) groups is 1. The zero-order valence-corrected chi connectivity index (χ0v) is 21.2. The number of nitrogens with zero attached hydrogens (tertiary/aromatic N) is 4. The molecule has 1 saturated heterocycles. The molecule has 4 rings (SSSR count). The van der Waals surface area contributed by atoms with Gasteiger partial charge in [-0.2, -0.15) is 0 Å². The van der Waals surface area contributed by atoms with E-state index >= 15 is 0 Å². The Balaban J connectivity index is 0.00000158. The van der Waals surface area contributed by atoms with Gasteiger partial charge >= 0.3 is 0 Å². The number of halogens is 1. The summed E-state index contributed by atoms with van der Waals surface area (Å²) in [6, 6.07) is 6.92. The minimum atomic E-state index is -0.303. The van der Waals surface area contributed by atoms with Crippen molar-refractivity contribution < 1.29 is 14.3 Å². The molecule has 2 heterocycles. The van der Waals surface area contributed by atoms with Gasteiger partial charge in [-0.25, -0.2) is 9.38 Å². The van der Waals surface area contributed by atoms with Crippen LogP contribution in [0.5, 0.6) is 5.75 Å². The van der Waals surface area contributed by atoms with Gasteiger partial charge in [0.1, 0.15) is 23.2 Å². The molecule has 34 heavy (non-hydrogen) atoms. The lowest BCUT2D eigenvalue weighted by atomic mass is 9.91. The molecule has 1 amide bonds. The molecule has 1 fully saturated rings. The SMILES string of the molecule is CC.CN1C(c2ccccc2O)=NC(N2CCN(C(=O)CC(C)(C)C)CC2)=C2C=C(F)C=CC21. The number of aromatic hydroxyl groups is 1. The fourth-order valence-electron chi connectivity index (χ4n) is 4.38. The molecule has 184 valence electrons. The maximum Gasteiger partial charge on any atom is 0.223 e. The van der Waals surface area contributed by atoms with Gasteiger partial charge in [-0.1, -0.05) is 52.8 Å². The number of likely N-dealkylation sites (N-methyl/N-ethyl adjacent to an activating group) is 1. The molecule has 1 aliphatic carbocycles. The Kier molecular flexibility index (Phi) is 7.85. The molecule has 1 N–H and O–H groups in total. The van der Waals surface area contributed by atoms with Crippen LogP contribution in [0.1, 0.15) is 46.6 Å². The monoisotopic (exact) mass is 468 g/mol. The van der Waals surface area contributed by atoms with E-state index in [0.717, 1.165) is 5.57 Å². The summed E-state index contributed by atoms with van der Waals surface area (Å²) in [5, 5.41) is 10.4. The number of amides is 1. The molecule has 6 nitrogen and oxygen atoms in total. The summed E-state index contributed by atoms with van der Waals surface area (Å²) in [5.74, 6) is 1.36. The number of piperazine rings is 1. The van der Waals surface area contributed by atoms with Gasteiger partial charge in [0.2, 0.25) is 5.91 Å². The number of carbonyl (C=O) groups excluding carboxylic acids is 1. The summed E-state index contributed by atoms with van der Waals surface area (Å²) in [6.45, 7) is 12.7. The first-order chi connectivity index (χ1) is 16.1. The molecular formula is C27H37FN4O2. The van der Waals surface area contributed by atoms with Crippen LogP contribution in [0.3, 0.4) is 0 Å². The molecule has 0 radical (unpaired) electrons. The molecular weight excluding hydrogens is 431 g/mol. The first kappa shape index (κ1) is 25.5. The van der Waals surface area contributed by atoms with Crippen LogP contribution in [-0.4, -0.2) is 70.8 Å². The van der Waals surface area contributed by atoms with Gasteiger partial charge in [-0.3, -0.25) is 4.79 Å². The van der Waals surface area contributed by atoms with E-state index in [1.54, 1.807) is 18.2 Å². The quantitative estimate of drug-likeness (QED) is 0.699. The Morgan fingerprint density at radius 1 is 1.15 bits per heavy atom. The summed E-state index contributed by atoms with van der Waals surface area (Å²) >= 11 is 0. The highest BCUT2D eigenvalue weighted by molar-refractivity contribution is 6.02. The van der Waals surface area contributed by atoms with Crippen LogP contribution in [0.2, 0.25) is 0 Å². The summed E-state index contributed by atoms with van der Waals surface area (Å²) in [4.78, 5) is 23.5. The lowest BCUT2D eigenvalue weighted by molar-refractivity contribution is -0.134. The van der Waals surface area contributed by atoms with Gasteiger partial charge in [0.25, 0.3) is 0 Å². The number of phenolic OH excluding ortho intramolecular Hbond substituents is 1. The summed E-state index contributed by atoms with van der Waals surface area (Å²) in [7, 11) is 1.90. The summed E-state index contributed by atoms with van der Waals surface area (Å²) in [5.41, 5.74) is 1.38. The van der Waals surface area contributed by atoms with Crippen LogP contribution in [0, 0.1) is 5.41 Å². The smallest absolute Gasteiger partial charge is 0.223 e. The average molecular weight is 469 g/mol. The number of fused-ring (bicyclic) bond motifs is 1. The van der Waals surface area contributed by atoms with E-state index in [1.807, 2.05) is 48.9 Å². The topological polar surface area (TPSA) is 59.4 Å². The number of benzene rings is 1. The Morgan fingerprint density at radius 3 is 2.41 bits per heavy atom. The van der Waals surface area contributed by atoms with E-state index in [0.29, 0.717) is 49.8 Å². The highest BCUT2D eigenvalue weighted by Crippen LogP contribution is 2.34. The number of carbonyl (C=O) groups is 1. The largest absolute Gasteiger partial charge is 0.507 e. The van der Waals surface area contributed by atoms with Crippen LogP contribution < -0.4 is 0 Å². The highest BCUT2D eigenvalue weighted by Gasteiger charge is 2.34. The van der Waals surface area contributed by atoms with Crippen molar-refractivity contribution in [2.24, 2.45) is 10.4 Å². The fraction of sp³-hybridized carbons (Fsp3) is 0.481. The van der Waals surface area contributed by atoms with Crippen molar-refractivity contribution in [2.75, 3.05) is 33.2 Å². The van der Waals surface area contributed by atoms with Gasteiger partial charge in [-0.05, 0) is 29.7 Å². The molecule has 1 unspecified atom stereocenters. The van der Waals surface area contributed by atoms with E-state index < -0.39 is 0 Å². The molecule has 0 spiro atoms. The van der Waals surface area contributed by atoms with Crippen molar-refractivity contribution in [1.29, 1.82) is 0 Å². The Morgan fingerprint density at radius 2 is 1.79 bits per heavy atom. The molecule has 0 saturated carbocycles. The van der Waals surface area contributed by atoms with E-state index in [1.165, 1.54) is 6.08 Å². The van der Waals surface area contributed by atoms with Crippen LogP contribution in [0.25, 0.3) is 0 Å². The minimum absolute atomic E-state index is 0.0480. The van der Waals surface area contributed by atoms with Crippen LogP contribution in [0.15, 0.2) is 64.7 Å². The number of rotatable bonds is 3. The van der Waals surface area contributed by atoms with Crippen LogP contribution >= 0.6 is 0 Å². The van der Waals surface area contributed by atoms with Gasteiger partial charge in [0.05, 0.1) is 11.6 Å². The maximum absolute atomic E-state index is 14.2. The summed E-state index contributed by atoms with van der Waals surface area (Å²) < 4.78 is 14.2. The average Bonchev–Trinajstić information content (AvgIpc) is 2.80. The Bertz CT molecular complexity index is 1030. The number of hydrogen-bond acceptors (Lipinski definition) is 5. The first-order valence-corrected chi connectivity index (χ1v) is 12.1. The van der Waals surface area contributed by atoms with E-state index in [4.69, 9.17) is 4.99 Å². The third kappa shape index (κ3) is 5.51. The number of amidine groups is 1. The van der Waals surface area contributed by atoms with E-state index in [2.05, 4.69) is 25.7 Å². The lowest BCUT2D eigenvalue weighted by Gasteiger charge is -2.42. The standard InChI is InChI=1S/C25H31FN4O2.C2H6/c1-25(2,3)16-22(32)29-11-13-30(14-12-29)24-19-15-17(26)9-10-20(19)28(4)23(27-24)18-7-5-6-8-21(18)31;1-2/h5-10,15,20,31H,11-14,16H2,1-4H3;1-2H3. The van der Waals surface area contributed by atoms with Crippen molar-refractivity contribution in [1.82, 2.24) is 14.7 Å². The number of hydrogen-bond donors (Lipinski definition) is 1. The van der Waals surface area contributed by atoms with E-state index in [9.17, 15) is 14.3 Å². The number of allylic oxidation sites excluding steroid dienone is 2. The number of para-hydroxylation sites is 1. The van der Waals surface area contributed by atoms with Crippen molar-refractivity contribution in [3.8, 4) is 5.75 Å². The van der Waals surface area contributed by atoms with Gasteiger partial charge in [-0.15, -0.1) is 0 Å². The maximum atomic E-state index is 14.2. The van der Waals surface area contributed by atoms with Crippen LogP contribution in [0.4, 0.5) is 4.39 Å². The molecule has 3 aliphatic rings. The third-order valence-electron chi connectivity index (χ3n) is 6.03. The van der Waals surface area contributed by atoms with Gasteiger partial charge in [0.15, 0.2) is 0 Å². The second-order valence-corrected chi connectivity index (χ2v) is 9.78. The fourth-order valence-corrected chi connectivity index (χ4v) is 4.38. The Hall–Kier alpha value is -3.09. The predicted molar refractivity (Wildman–Crippen MR) is 135 cm³/mol. The predicted octanol–water partition coefficient (Wildman–Crippen LogP) is 4.69. The number of phenols is 1. The van der Waals surface area contributed by atoms with Crippen molar-refractivity contribution in [3.63, 3.8) is 0 Å². The zero-order valence-electron chi connectivity index (χ0n) is 21.2. The molecule has 1 atom stereocenters. The van der Waals surface area contributed by atoms with Crippen molar-refractivity contribution in [3.05, 3.63) is 65.3 Å². The first-order valence-electron chi connectivity index (χ1n) is 12.1. The van der Waals surface area contributed by atoms with Crippen molar-refractivity contribution >= 4 is 11.7 Å². The zero-order chi connectivity index (χ0) is 25.0. The second-order valence-electron chi connectivity index (χ2n) is 9.78. The van der Waals surface area contributed by atoms with Crippen molar-refractivity contribution in [2.45, 2.75) is 47.1 Å². The summed E-state index contributed by atoms with van der Waals surface area (Å²) in [6.07, 6.45) is 5.35.